The summed E-state index contributed by atoms with van der Waals surface area (Å²) in [7, 11) is 1.88. The van der Waals surface area contributed by atoms with Gasteiger partial charge < -0.3 is 10.6 Å². The van der Waals surface area contributed by atoms with E-state index in [9.17, 15) is 0 Å². The number of aromatic nitrogens is 2. The Bertz CT molecular complexity index is 276. The summed E-state index contributed by atoms with van der Waals surface area (Å²) in [6.07, 6.45) is 1.59. The second-order valence-corrected chi connectivity index (χ2v) is 2.50. The molecular formula is C7H11ClN4. The first-order valence-electron chi connectivity index (χ1n) is 3.63. The van der Waals surface area contributed by atoms with Gasteiger partial charge in [0, 0.05) is 25.7 Å². The van der Waals surface area contributed by atoms with Gasteiger partial charge in [-0.2, -0.15) is 0 Å². The van der Waals surface area contributed by atoms with Gasteiger partial charge in [0.2, 0.25) is 0 Å². The molecule has 1 aromatic rings. The Labute approximate surface area is 77.2 Å². The lowest BCUT2D eigenvalue weighted by molar-refractivity contribution is 0.758. The van der Waals surface area contributed by atoms with Crippen LogP contribution in [0.2, 0.25) is 0 Å². The van der Waals surface area contributed by atoms with E-state index >= 15 is 0 Å². The third kappa shape index (κ3) is 1.35. The zero-order valence-electron chi connectivity index (χ0n) is 6.79. The van der Waals surface area contributed by atoms with Crippen molar-refractivity contribution >= 4 is 18.2 Å². The number of fused-ring (bicyclic) bond motifs is 1. The zero-order valence-corrected chi connectivity index (χ0v) is 7.61. The molecule has 0 radical (unpaired) electrons. The second-order valence-electron chi connectivity index (χ2n) is 2.50. The molecule has 12 heavy (non-hydrogen) atoms. The zero-order chi connectivity index (χ0) is 7.68. The number of nitrogens with one attached hydrogen (secondary N) is 2. The maximum Gasteiger partial charge on any atom is 0.133 e. The quantitative estimate of drug-likeness (QED) is 0.673. The largest absolute Gasteiger partial charge is 0.373 e. The van der Waals surface area contributed by atoms with Crippen LogP contribution in [-0.4, -0.2) is 17.0 Å². The molecule has 0 atom stereocenters. The van der Waals surface area contributed by atoms with Crippen molar-refractivity contribution in [3.63, 3.8) is 0 Å². The fourth-order valence-corrected chi connectivity index (χ4v) is 1.31. The first-order chi connectivity index (χ1) is 5.42. The number of rotatable bonds is 1. The van der Waals surface area contributed by atoms with E-state index in [0.717, 1.165) is 24.6 Å². The molecule has 2 heterocycles. The van der Waals surface area contributed by atoms with Gasteiger partial charge in [0.1, 0.15) is 12.1 Å². The minimum Gasteiger partial charge on any atom is -0.373 e. The highest BCUT2D eigenvalue weighted by Gasteiger charge is 2.14. The average Bonchev–Trinajstić information content (AvgIpc) is 2.50. The molecule has 0 saturated carbocycles. The predicted octanol–water partition coefficient (Wildman–Crippen LogP) is 0.543. The van der Waals surface area contributed by atoms with Crippen LogP contribution in [0.1, 0.15) is 11.3 Å². The van der Waals surface area contributed by atoms with Gasteiger partial charge in [-0.25, -0.2) is 9.97 Å². The lowest BCUT2D eigenvalue weighted by Crippen LogP contribution is -2.01. The molecule has 1 aromatic heterocycles. The molecule has 0 fully saturated rings. The first kappa shape index (κ1) is 9.22. The van der Waals surface area contributed by atoms with Crippen LogP contribution in [0.25, 0.3) is 0 Å². The van der Waals surface area contributed by atoms with Gasteiger partial charge in [0.15, 0.2) is 0 Å². The van der Waals surface area contributed by atoms with Crippen molar-refractivity contribution in [2.24, 2.45) is 0 Å². The van der Waals surface area contributed by atoms with Crippen LogP contribution in [0.15, 0.2) is 6.33 Å². The third-order valence-corrected chi connectivity index (χ3v) is 1.87. The first-order valence-corrected chi connectivity index (χ1v) is 3.63. The number of nitrogens with zero attached hydrogens (tertiary/aromatic N) is 2. The summed E-state index contributed by atoms with van der Waals surface area (Å²) in [5.41, 5.74) is 2.32. The molecule has 0 bridgehead atoms. The summed E-state index contributed by atoms with van der Waals surface area (Å²) in [6.45, 7) is 1.75. The van der Waals surface area contributed by atoms with Crippen LogP contribution in [0, 0.1) is 0 Å². The highest BCUT2D eigenvalue weighted by atomic mass is 35.5. The van der Waals surface area contributed by atoms with Gasteiger partial charge in [0.05, 0.1) is 5.69 Å². The number of hydrogen-bond acceptors (Lipinski definition) is 4. The smallest absolute Gasteiger partial charge is 0.133 e. The molecule has 0 spiro atoms. The van der Waals surface area contributed by atoms with Crippen molar-refractivity contribution in [1.29, 1.82) is 0 Å². The number of halogens is 1. The monoisotopic (exact) mass is 186 g/mol. The van der Waals surface area contributed by atoms with E-state index in [-0.39, 0.29) is 12.4 Å². The van der Waals surface area contributed by atoms with Crippen molar-refractivity contribution in [2.75, 3.05) is 12.4 Å². The fourth-order valence-electron chi connectivity index (χ4n) is 1.31. The lowest BCUT2D eigenvalue weighted by atomic mass is 10.2. The maximum absolute atomic E-state index is 4.15. The van der Waals surface area contributed by atoms with Crippen LogP contribution >= 0.6 is 12.4 Å². The Kier molecular flexibility index (Phi) is 2.83. The highest BCUT2D eigenvalue weighted by Crippen LogP contribution is 2.18. The summed E-state index contributed by atoms with van der Waals surface area (Å²) in [5, 5.41) is 6.26. The van der Waals surface area contributed by atoms with Gasteiger partial charge in [-0.05, 0) is 0 Å². The van der Waals surface area contributed by atoms with Crippen LogP contribution in [-0.2, 0) is 13.1 Å². The van der Waals surface area contributed by atoms with Gasteiger partial charge in [0.25, 0.3) is 0 Å². The van der Waals surface area contributed by atoms with Gasteiger partial charge in [-0.15, -0.1) is 12.4 Å². The molecule has 66 valence electrons. The molecule has 0 amide bonds. The van der Waals surface area contributed by atoms with E-state index in [2.05, 4.69) is 20.6 Å². The van der Waals surface area contributed by atoms with E-state index in [0.29, 0.717) is 0 Å². The van der Waals surface area contributed by atoms with Gasteiger partial charge >= 0.3 is 0 Å². The Morgan fingerprint density at radius 3 is 3.00 bits per heavy atom. The average molecular weight is 187 g/mol. The molecule has 0 unspecified atom stereocenters. The van der Waals surface area contributed by atoms with Crippen molar-refractivity contribution in [3.05, 3.63) is 17.6 Å². The summed E-state index contributed by atoms with van der Waals surface area (Å²) in [6, 6.07) is 0. The van der Waals surface area contributed by atoms with Crippen LogP contribution in [0.3, 0.4) is 0 Å². The predicted molar refractivity (Wildman–Crippen MR) is 49.4 cm³/mol. The fraction of sp³-hybridized carbons (Fsp3) is 0.429. The molecular weight excluding hydrogens is 176 g/mol. The van der Waals surface area contributed by atoms with E-state index < -0.39 is 0 Å². The Morgan fingerprint density at radius 2 is 2.25 bits per heavy atom. The van der Waals surface area contributed by atoms with Crippen LogP contribution < -0.4 is 10.6 Å². The highest BCUT2D eigenvalue weighted by molar-refractivity contribution is 5.85. The molecule has 0 aliphatic carbocycles. The summed E-state index contributed by atoms with van der Waals surface area (Å²) < 4.78 is 0. The SMILES string of the molecule is CNc1ncnc2c1CNC2.Cl. The van der Waals surface area contributed by atoms with E-state index in [1.807, 2.05) is 7.05 Å². The number of anilines is 1. The molecule has 1 aliphatic rings. The number of hydrogen-bond donors (Lipinski definition) is 2. The molecule has 0 aromatic carbocycles. The minimum atomic E-state index is 0. The van der Waals surface area contributed by atoms with E-state index in [4.69, 9.17) is 0 Å². The lowest BCUT2D eigenvalue weighted by Gasteiger charge is -2.02. The van der Waals surface area contributed by atoms with Crippen molar-refractivity contribution in [2.45, 2.75) is 13.1 Å². The Hall–Kier alpha value is -0.870. The maximum atomic E-state index is 4.15. The van der Waals surface area contributed by atoms with Crippen molar-refractivity contribution < 1.29 is 0 Å². The van der Waals surface area contributed by atoms with Gasteiger partial charge in [-0.1, -0.05) is 0 Å². The third-order valence-electron chi connectivity index (χ3n) is 1.87. The van der Waals surface area contributed by atoms with Crippen molar-refractivity contribution in [3.8, 4) is 0 Å². The molecule has 1 aliphatic heterocycles. The van der Waals surface area contributed by atoms with E-state index in [1.165, 1.54) is 5.56 Å². The Morgan fingerprint density at radius 1 is 1.42 bits per heavy atom. The van der Waals surface area contributed by atoms with Crippen LogP contribution in [0.5, 0.6) is 0 Å². The molecule has 0 saturated heterocycles. The topological polar surface area (TPSA) is 49.8 Å². The van der Waals surface area contributed by atoms with Gasteiger partial charge in [-0.3, -0.25) is 0 Å². The summed E-state index contributed by atoms with van der Waals surface area (Å²) in [4.78, 5) is 8.26. The minimum absolute atomic E-state index is 0. The Balaban J connectivity index is 0.000000720. The molecule has 2 N–H and O–H groups in total. The van der Waals surface area contributed by atoms with E-state index in [1.54, 1.807) is 6.33 Å². The molecule has 2 rings (SSSR count). The molecule has 5 heteroatoms. The summed E-state index contributed by atoms with van der Waals surface area (Å²) >= 11 is 0. The second kappa shape index (κ2) is 3.69. The standard InChI is InChI=1S/C7H10N4.ClH/c1-8-7-5-2-9-3-6(5)10-4-11-7;/h4,9H,2-3H2,1H3,(H,8,10,11);1H. The molecule has 4 nitrogen and oxygen atoms in total. The van der Waals surface area contributed by atoms with Crippen molar-refractivity contribution in [1.82, 2.24) is 15.3 Å². The normalized spacial score (nSPS) is 13.4. The van der Waals surface area contributed by atoms with Crippen LogP contribution in [0.4, 0.5) is 5.82 Å². The summed E-state index contributed by atoms with van der Waals surface area (Å²) in [5.74, 6) is 0.944.